The summed E-state index contributed by atoms with van der Waals surface area (Å²) in [4.78, 5) is 22.1. The molecule has 20 heavy (non-hydrogen) atoms. The van der Waals surface area contributed by atoms with Crippen LogP contribution < -0.4 is 0 Å². The van der Waals surface area contributed by atoms with Crippen LogP contribution in [-0.4, -0.2) is 15.9 Å². The van der Waals surface area contributed by atoms with Gasteiger partial charge in [0, 0.05) is 24.2 Å². The predicted molar refractivity (Wildman–Crippen MR) is 79.8 cm³/mol. The molecule has 0 N–H and O–H groups in total. The SMILES string of the molecule is O=C1C[C@@H]2C=CCC[C@H]12.O=C1[C@H]2CCC=C[C@H]2C1(Cl)Cl. The van der Waals surface area contributed by atoms with E-state index >= 15 is 0 Å². The van der Waals surface area contributed by atoms with Crippen LogP contribution >= 0.6 is 23.2 Å². The van der Waals surface area contributed by atoms with Crippen LogP contribution in [0.4, 0.5) is 0 Å². The zero-order valence-electron chi connectivity index (χ0n) is 11.2. The first-order chi connectivity index (χ1) is 9.51. The van der Waals surface area contributed by atoms with E-state index < -0.39 is 4.33 Å². The lowest BCUT2D eigenvalue weighted by molar-refractivity contribution is -0.134. The van der Waals surface area contributed by atoms with Crippen molar-refractivity contribution in [2.24, 2.45) is 23.7 Å². The third-order valence-electron chi connectivity index (χ3n) is 4.90. The van der Waals surface area contributed by atoms with E-state index in [1.54, 1.807) is 0 Å². The molecule has 4 aliphatic rings. The van der Waals surface area contributed by atoms with Crippen LogP contribution in [0.5, 0.6) is 0 Å². The number of hydrogen-bond acceptors (Lipinski definition) is 2. The summed E-state index contributed by atoms with van der Waals surface area (Å²) in [6.07, 6.45) is 13.4. The molecule has 0 aliphatic heterocycles. The Labute approximate surface area is 129 Å². The van der Waals surface area contributed by atoms with Crippen molar-refractivity contribution in [3.8, 4) is 0 Å². The number of halogens is 2. The lowest BCUT2D eigenvalue weighted by atomic mass is 9.67. The Morgan fingerprint density at radius 2 is 1.65 bits per heavy atom. The van der Waals surface area contributed by atoms with Crippen molar-refractivity contribution in [1.29, 1.82) is 0 Å². The van der Waals surface area contributed by atoms with E-state index in [2.05, 4.69) is 12.2 Å². The maximum Gasteiger partial charge on any atom is 0.183 e. The zero-order valence-corrected chi connectivity index (χ0v) is 12.7. The molecule has 0 spiro atoms. The summed E-state index contributed by atoms with van der Waals surface area (Å²) in [7, 11) is 0. The number of allylic oxidation sites excluding steroid dienone is 4. The van der Waals surface area contributed by atoms with E-state index in [0.29, 0.717) is 17.6 Å². The van der Waals surface area contributed by atoms with Gasteiger partial charge in [0.25, 0.3) is 0 Å². The van der Waals surface area contributed by atoms with Crippen LogP contribution in [0.15, 0.2) is 24.3 Å². The predicted octanol–water partition coefficient (Wildman–Crippen LogP) is 3.87. The van der Waals surface area contributed by atoms with Crippen molar-refractivity contribution in [3.05, 3.63) is 24.3 Å². The second kappa shape index (κ2) is 5.31. The van der Waals surface area contributed by atoms with Crippen LogP contribution in [0, 0.1) is 23.7 Å². The first-order valence-electron chi connectivity index (χ1n) is 7.30. The first kappa shape index (κ1) is 14.3. The maximum atomic E-state index is 11.2. The number of carbonyl (C=O) groups excluding carboxylic acids is 2. The average molecular weight is 313 g/mol. The average Bonchev–Trinajstić information content (AvgIpc) is 2.46. The van der Waals surface area contributed by atoms with Crippen molar-refractivity contribution >= 4 is 34.8 Å². The molecule has 0 saturated heterocycles. The number of alkyl halides is 2. The molecule has 4 atom stereocenters. The molecule has 0 unspecified atom stereocenters. The molecule has 0 aromatic heterocycles. The number of fused-ring (bicyclic) bond motifs is 2. The maximum absolute atomic E-state index is 11.2. The Balaban J connectivity index is 0.000000123. The molecule has 0 radical (unpaired) electrons. The summed E-state index contributed by atoms with van der Waals surface area (Å²) >= 11 is 11.6. The Bertz CT molecular complexity index is 493. The first-order valence-corrected chi connectivity index (χ1v) is 8.05. The lowest BCUT2D eigenvalue weighted by Gasteiger charge is -2.45. The van der Waals surface area contributed by atoms with Crippen molar-refractivity contribution in [2.45, 2.75) is 36.4 Å². The quantitative estimate of drug-likeness (QED) is 0.502. The van der Waals surface area contributed by atoms with Crippen molar-refractivity contribution in [3.63, 3.8) is 0 Å². The smallest absolute Gasteiger partial charge is 0.183 e. The van der Waals surface area contributed by atoms with Gasteiger partial charge in [-0.3, -0.25) is 9.59 Å². The Morgan fingerprint density at radius 1 is 1.00 bits per heavy atom. The van der Waals surface area contributed by atoms with E-state index in [-0.39, 0.29) is 17.6 Å². The summed E-state index contributed by atoms with van der Waals surface area (Å²) in [6, 6.07) is 0. The summed E-state index contributed by atoms with van der Waals surface area (Å²) in [5, 5.41) is 0. The molecule has 0 aromatic carbocycles. The molecular formula is C16H18Cl2O2. The largest absolute Gasteiger partial charge is 0.299 e. The molecule has 0 heterocycles. The van der Waals surface area contributed by atoms with Gasteiger partial charge in [0.2, 0.25) is 0 Å². The molecule has 0 aromatic rings. The van der Waals surface area contributed by atoms with Crippen LogP contribution in [0.1, 0.15) is 32.1 Å². The van der Waals surface area contributed by atoms with E-state index in [1.807, 2.05) is 12.2 Å². The zero-order chi connectivity index (χ0) is 14.3. The summed E-state index contributed by atoms with van der Waals surface area (Å²) in [5.41, 5.74) is 0. The molecule has 4 heteroatoms. The van der Waals surface area contributed by atoms with Crippen LogP contribution in [0.3, 0.4) is 0 Å². The van der Waals surface area contributed by atoms with Crippen LogP contribution in [-0.2, 0) is 9.59 Å². The number of ketones is 2. The second-order valence-electron chi connectivity index (χ2n) is 6.07. The van der Waals surface area contributed by atoms with Crippen molar-refractivity contribution < 1.29 is 9.59 Å². The van der Waals surface area contributed by atoms with E-state index in [0.717, 1.165) is 32.1 Å². The van der Waals surface area contributed by atoms with E-state index in [1.165, 1.54) is 0 Å². The highest BCUT2D eigenvalue weighted by Gasteiger charge is 2.59. The van der Waals surface area contributed by atoms with Gasteiger partial charge in [-0.25, -0.2) is 0 Å². The topological polar surface area (TPSA) is 34.1 Å². The Kier molecular flexibility index (Phi) is 3.81. The normalized spacial score (nSPS) is 39.7. The fourth-order valence-electron chi connectivity index (χ4n) is 3.54. The third kappa shape index (κ3) is 2.27. The number of carbonyl (C=O) groups is 2. The molecule has 2 nitrogen and oxygen atoms in total. The number of hydrogen-bond donors (Lipinski definition) is 0. The van der Waals surface area contributed by atoms with Gasteiger partial charge in [0.15, 0.2) is 10.1 Å². The van der Waals surface area contributed by atoms with Gasteiger partial charge in [-0.15, -0.1) is 0 Å². The molecule has 0 amide bonds. The highest BCUT2D eigenvalue weighted by atomic mass is 35.5. The van der Waals surface area contributed by atoms with Crippen molar-refractivity contribution in [1.82, 2.24) is 0 Å². The van der Waals surface area contributed by atoms with Crippen LogP contribution in [0.2, 0.25) is 0 Å². The Morgan fingerprint density at radius 3 is 2.20 bits per heavy atom. The molecule has 2 saturated carbocycles. The van der Waals surface area contributed by atoms with Gasteiger partial charge in [-0.2, -0.15) is 0 Å². The van der Waals surface area contributed by atoms with Gasteiger partial charge in [-0.1, -0.05) is 47.5 Å². The minimum absolute atomic E-state index is 0.00943. The lowest BCUT2D eigenvalue weighted by Crippen LogP contribution is -2.56. The molecule has 4 rings (SSSR count). The van der Waals surface area contributed by atoms with E-state index in [4.69, 9.17) is 23.2 Å². The molecule has 0 bridgehead atoms. The summed E-state index contributed by atoms with van der Waals surface area (Å²) in [5.74, 6) is 1.74. The fraction of sp³-hybridized carbons (Fsp3) is 0.625. The van der Waals surface area contributed by atoms with Gasteiger partial charge in [-0.05, 0) is 31.6 Å². The van der Waals surface area contributed by atoms with Gasteiger partial charge in [0.05, 0.1) is 0 Å². The monoisotopic (exact) mass is 312 g/mol. The number of rotatable bonds is 0. The van der Waals surface area contributed by atoms with Gasteiger partial charge >= 0.3 is 0 Å². The minimum atomic E-state index is -1.11. The Hall–Kier alpha value is -0.600. The highest BCUT2D eigenvalue weighted by Crippen LogP contribution is 2.52. The highest BCUT2D eigenvalue weighted by molar-refractivity contribution is 6.61. The standard InChI is InChI=1S/C8H8Cl2O.C8H10O/c9-8(10)6-4-2-1-3-5(6)7(8)11;9-8-5-6-3-1-2-4-7(6)8/h2,4-6H,1,3H2;1,3,6-7H,2,4-5H2/t5-,6+;6-,7-/m00/s1. The second-order valence-corrected chi connectivity index (χ2v) is 7.46. The summed E-state index contributed by atoms with van der Waals surface area (Å²) in [6.45, 7) is 0. The van der Waals surface area contributed by atoms with Gasteiger partial charge < -0.3 is 0 Å². The van der Waals surface area contributed by atoms with Crippen LogP contribution in [0.25, 0.3) is 0 Å². The van der Waals surface area contributed by atoms with Gasteiger partial charge in [0.1, 0.15) is 5.78 Å². The van der Waals surface area contributed by atoms with Crippen molar-refractivity contribution in [2.75, 3.05) is 0 Å². The molecule has 108 valence electrons. The summed E-state index contributed by atoms with van der Waals surface area (Å²) < 4.78 is -1.11. The third-order valence-corrected chi connectivity index (χ3v) is 5.78. The molecular weight excluding hydrogens is 295 g/mol. The fourth-order valence-corrected chi connectivity index (χ4v) is 4.27. The van der Waals surface area contributed by atoms with E-state index in [9.17, 15) is 9.59 Å². The number of Topliss-reactive ketones (excluding diaryl/α,β-unsaturated/α-hetero) is 2. The minimum Gasteiger partial charge on any atom is -0.299 e. The molecule has 2 fully saturated rings. The molecule has 4 aliphatic carbocycles.